The summed E-state index contributed by atoms with van der Waals surface area (Å²) in [5, 5.41) is 0. The zero-order valence-electron chi connectivity index (χ0n) is 17.6. The lowest BCUT2D eigenvalue weighted by atomic mass is 9.66. The smallest absolute Gasteiger partial charge is 0.0386 e. The van der Waals surface area contributed by atoms with Gasteiger partial charge in [0.2, 0.25) is 0 Å². The van der Waals surface area contributed by atoms with Crippen LogP contribution in [0.4, 0.5) is 0 Å². The van der Waals surface area contributed by atoms with Crippen LogP contribution in [0.1, 0.15) is 89.0 Å². The molecule has 0 aliphatic carbocycles. The lowest BCUT2D eigenvalue weighted by Crippen LogP contribution is -2.33. The highest BCUT2D eigenvalue weighted by Crippen LogP contribution is 2.39. The van der Waals surface area contributed by atoms with Crippen LogP contribution in [0.15, 0.2) is 0 Å². The number of hydrogen-bond donors (Lipinski definition) is 0. The predicted molar refractivity (Wildman–Crippen MR) is 103 cm³/mol. The van der Waals surface area contributed by atoms with Gasteiger partial charge in [-0.2, -0.15) is 0 Å². The van der Waals surface area contributed by atoms with Crippen LogP contribution in [0.25, 0.3) is 0 Å². The third-order valence-electron chi connectivity index (χ3n) is 7.67. The first-order valence-electron chi connectivity index (χ1n) is 10.1. The first kappa shape index (κ1) is 22.0. The summed E-state index contributed by atoms with van der Waals surface area (Å²) in [6.07, 6.45) is 2.70. The minimum absolute atomic E-state index is 0.792. The summed E-state index contributed by atoms with van der Waals surface area (Å²) in [4.78, 5) is 0. The van der Waals surface area contributed by atoms with Gasteiger partial charge in [0.15, 0.2) is 0 Å². The summed E-state index contributed by atoms with van der Waals surface area (Å²) in [6, 6.07) is 0. The first-order valence-corrected chi connectivity index (χ1v) is 10.1. The van der Waals surface area contributed by atoms with Crippen LogP contribution in [0, 0.1) is 53.3 Å². The Balaban J connectivity index is 4.78. The topological polar surface area (TPSA) is 0 Å². The summed E-state index contributed by atoms with van der Waals surface area (Å²) in [5.41, 5.74) is 0. The van der Waals surface area contributed by atoms with Gasteiger partial charge in [-0.3, -0.25) is 0 Å². The van der Waals surface area contributed by atoms with Gasteiger partial charge in [0, 0.05) is 0 Å². The second-order valence-electron chi connectivity index (χ2n) is 9.02. The van der Waals surface area contributed by atoms with Gasteiger partial charge in [-0.15, -0.1) is 0 Å². The maximum absolute atomic E-state index is 2.51. The third-order valence-corrected chi connectivity index (χ3v) is 7.67. The summed E-state index contributed by atoms with van der Waals surface area (Å²) < 4.78 is 0. The van der Waals surface area contributed by atoms with E-state index in [1.807, 2.05) is 0 Å². The van der Waals surface area contributed by atoms with Crippen molar-refractivity contribution >= 4 is 0 Å². The molecule has 0 aliphatic rings. The van der Waals surface area contributed by atoms with Gasteiger partial charge in [-0.1, -0.05) is 89.0 Å². The van der Waals surface area contributed by atoms with Crippen molar-refractivity contribution in [2.24, 2.45) is 53.3 Å². The highest BCUT2D eigenvalue weighted by atomic mass is 14.4. The van der Waals surface area contributed by atoms with E-state index < -0.39 is 0 Å². The molecule has 0 aromatic rings. The van der Waals surface area contributed by atoms with Gasteiger partial charge in [-0.25, -0.2) is 0 Å². The molecule has 8 unspecified atom stereocenters. The van der Waals surface area contributed by atoms with Crippen molar-refractivity contribution in [1.82, 2.24) is 0 Å². The van der Waals surface area contributed by atoms with E-state index >= 15 is 0 Å². The fourth-order valence-corrected chi connectivity index (χ4v) is 4.24. The van der Waals surface area contributed by atoms with Gasteiger partial charge in [0.25, 0.3) is 0 Å². The first-order chi connectivity index (χ1) is 10.1. The Morgan fingerprint density at radius 3 is 1.09 bits per heavy atom. The fraction of sp³-hybridized carbons (Fsp3) is 1.00. The standard InChI is InChI=1S/C22H46/c1-12-13-15(4)17(6)19(8)21(10)22(11)20(9)18(7)16(5)14(2)3/h14-22H,12-13H2,1-11H3. The van der Waals surface area contributed by atoms with Crippen molar-refractivity contribution in [3.63, 3.8) is 0 Å². The van der Waals surface area contributed by atoms with Crippen molar-refractivity contribution in [3.8, 4) is 0 Å². The summed E-state index contributed by atoms with van der Waals surface area (Å²) in [5.74, 6) is 7.36. The molecule has 0 spiro atoms. The molecule has 8 atom stereocenters. The Kier molecular flexibility index (Phi) is 9.99. The van der Waals surface area contributed by atoms with Gasteiger partial charge < -0.3 is 0 Å². The van der Waals surface area contributed by atoms with E-state index in [2.05, 4.69) is 76.2 Å². The molecule has 0 radical (unpaired) electrons. The largest absolute Gasteiger partial charge is 0.0654 e. The van der Waals surface area contributed by atoms with Crippen LogP contribution in [0.5, 0.6) is 0 Å². The molecule has 0 nitrogen and oxygen atoms in total. The van der Waals surface area contributed by atoms with Crippen LogP contribution in [0.3, 0.4) is 0 Å². The van der Waals surface area contributed by atoms with Gasteiger partial charge in [-0.05, 0) is 53.3 Å². The minimum atomic E-state index is 0.792. The monoisotopic (exact) mass is 310 g/mol. The number of rotatable bonds is 10. The molecule has 0 saturated heterocycles. The van der Waals surface area contributed by atoms with E-state index in [0.717, 1.165) is 53.3 Å². The van der Waals surface area contributed by atoms with Crippen LogP contribution >= 0.6 is 0 Å². The summed E-state index contributed by atoms with van der Waals surface area (Å²) in [6.45, 7) is 26.9. The molecule has 0 rings (SSSR count). The van der Waals surface area contributed by atoms with E-state index in [1.165, 1.54) is 12.8 Å². The van der Waals surface area contributed by atoms with E-state index in [9.17, 15) is 0 Å². The molecule has 22 heavy (non-hydrogen) atoms. The molecule has 0 heteroatoms. The molecule has 0 bridgehead atoms. The predicted octanol–water partition coefficient (Wildman–Crippen LogP) is 7.53. The maximum atomic E-state index is 2.51. The van der Waals surface area contributed by atoms with E-state index in [1.54, 1.807) is 0 Å². The molecular formula is C22H46. The third kappa shape index (κ3) is 5.89. The van der Waals surface area contributed by atoms with Crippen molar-refractivity contribution < 1.29 is 0 Å². The SMILES string of the molecule is CCCC(C)C(C)C(C)C(C)C(C)C(C)C(C)C(C)C(C)C. The molecule has 0 amide bonds. The molecule has 0 N–H and O–H groups in total. The Bertz CT molecular complexity index is 280. The molecule has 0 heterocycles. The zero-order valence-corrected chi connectivity index (χ0v) is 17.6. The van der Waals surface area contributed by atoms with E-state index in [4.69, 9.17) is 0 Å². The zero-order chi connectivity index (χ0) is 17.6. The van der Waals surface area contributed by atoms with Gasteiger partial charge in [0.05, 0.1) is 0 Å². The lowest BCUT2D eigenvalue weighted by Gasteiger charge is -2.40. The summed E-state index contributed by atoms with van der Waals surface area (Å²) in [7, 11) is 0. The van der Waals surface area contributed by atoms with Crippen molar-refractivity contribution in [2.45, 2.75) is 89.0 Å². The minimum Gasteiger partial charge on any atom is -0.0654 e. The van der Waals surface area contributed by atoms with Crippen LogP contribution in [0.2, 0.25) is 0 Å². The Hall–Kier alpha value is 0. The van der Waals surface area contributed by atoms with E-state index in [0.29, 0.717) is 0 Å². The fourth-order valence-electron chi connectivity index (χ4n) is 4.24. The normalized spacial score (nSPS) is 23.5. The second-order valence-corrected chi connectivity index (χ2v) is 9.02. The molecule has 0 aromatic carbocycles. The Morgan fingerprint density at radius 2 is 0.773 bits per heavy atom. The van der Waals surface area contributed by atoms with Gasteiger partial charge in [0.1, 0.15) is 0 Å². The quantitative estimate of drug-likeness (QED) is 0.391. The van der Waals surface area contributed by atoms with Crippen LogP contribution in [-0.4, -0.2) is 0 Å². The molecule has 0 fully saturated rings. The molecule has 0 aromatic heterocycles. The highest BCUT2D eigenvalue weighted by molar-refractivity contribution is 4.81. The average molecular weight is 311 g/mol. The van der Waals surface area contributed by atoms with Crippen molar-refractivity contribution in [1.29, 1.82) is 0 Å². The van der Waals surface area contributed by atoms with Crippen molar-refractivity contribution in [2.75, 3.05) is 0 Å². The lowest BCUT2D eigenvalue weighted by molar-refractivity contribution is 0.0917. The molecule has 134 valence electrons. The Morgan fingerprint density at radius 1 is 0.455 bits per heavy atom. The maximum Gasteiger partial charge on any atom is -0.0386 e. The van der Waals surface area contributed by atoms with E-state index in [-0.39, 0.29) is 0 Å². The van der Waals surface area contributed by atoms with Crippen LogP contribution < -0.4 is 0 Å². The molecule has 0 aliphatic heterocycles. The average Bonchev–Trinajstić information content (AvgIpc) is 2.49. The number of hydrogen-bond acceptors (Lipinski definition) is 0. The molecule has 0 saturated carbocycles. The van der Waals surface area contributed by atoms with Crippen LogP contribution in [-0.2, 0) is 0 Å². The highest BCUT2D eigenvalue weighted by Gasteiger charge is 2.32. The molecular weight excluding hydrogens is 264 g/mol. The second kappa shape index (κ2) is 9.99. The summed E-state index contributed by atoms with van der Waals surface area (Å²) >= 11 is 0. The van der Waals surface area contributed by atoms with Crippen molar-refractivity contribution in [3.05, 3.63) is 0 Å². The van der Waals surface area contributed by atoms with Gasteiger partial charge >= 0.3 is 0 Å². The Labute approximate surface area is 142 Å².